The summed E-state index contributed by atoms with van der Waals surface area (Å²) >= 11 is 1.73. The first kappa shape index (κ1) is 15.3. The molecule has 0 unspecified atom stereocenters. The maximum Gasteiger partial charge on any atom is 0.268 e. The molecule has 1 N–H and O–H groups in total. The molecule has 4 rings (SSSR count). The number of nitrogens with one attached hydrogen (secondary N) is 1. The van der Waals surface area contributed by atoms with Gasteiger partial charge in [-0.25, -0.2) is 0 Å². The van der Waals surface area contributed by atoms with Gasteiger partial charge in [-0.15, -0.1) is 11.3 Å². The van der Waals surface area contributed by atoms with E-state index in [0.29, 0.717) is 12.6 Å². The van der Waals surface area contributed by atoms with E-state index < -0.39 is 0 Å². The Kier molecular flexibility index (Phi) is 3.81. The Balaban J connectivity index is 1.77. The number of hydrogen-bond acceptors (Lipinski definition) is 3. The molecule has 1 saturated carbocycles. The number of carbonyl (C=O) groups is 1. The molecule has 24 heavy (non-hydrogen) atoms. The minimum absolute atomic E-state index is 0.0217. The number of aryl methyl sites for hydroxylation is 1. The van der Waals surface area contributed by atoms with Crippen molar-refractivity contribution < 1.29 is 9.53 Å². The zero-order valence-electron chi connectivity index (χ0n) is 13.8. The lowest BCUT2D eigenvalue weighted by atomic mass is 10.2. The molecule has 2 aromatic heterocycles. The number of amides is 1. The molecule has 2 heterocycles. The first-order valence-corrected chi connectivity index (χ1v) is 9.00. The molecule has 5 heteroatoms. The average molecular weight is 340 g/mol. The van der Waals surface area contributed by atoms with Gasteiger partial charge in [0, 0.05) is 16.5 Å². The summed E-state index contributed by atoms with van der Waals surface area (Å²) in [6.45, 7) is 2.72. The van der Waals surface area contributed by atoms with Crippen molar-refractivity contribution in [2.45, 2.75) is 32.4 Å². The summed E-state index contributed by atoms with van der Waals surface area (Å²) in [6.07, 6.45) is 2.18. The molecule has 0 spiro atoms. The fraction of sp³-hybridized carbons (Fsp3) is 0.316. The van der Waals surface area contributed by atoms with Crippen LogP contribution in [0.4, 0.5) is 0 Å². The van der Waals surface area contributed by atoms with Crippen LogP contribution in [0, 0.1) is 6.92 Å². The van der Waals surface area contributed by atoms with Gasteiger partial charge in [0.25, 0.3) is 5.91 Å². The van der Waals surface area contributed by atoms with E-state index in [1.807, 2.05) is 30.3 Å². The van der Waals surface area contributed by atoms with Gasteiger partial charge >= 0.3 is 0 Å². The fourth-order valence-electron chi connectivity index (χ4n) is 3.01. The molecule has 1 amide bonds. The SMILES string of the molecule is COc1ccccc1Cn1c(C(=O)NC2CC2)cc2sc(C)cc21. The average Bonchev–Trinajstić information content (AvgIpc) is 3.22. The molecule has 3 aromatic rings. The van der Waals surface area contributed by atoms with E-state index in [0.717, 1.165) is 40.1 Å². The van der Waals surface area contributed by atoms with Gasteiger partial charge in [0.15, 0.2) is 0 Å². The van der Waals surface area contributed by atoms with Gasteiger partial charge in [-0.3, -0.25) is 4.79 Å². The van der Waals surface area contributed by atoms with Gasteiger partial charge in [-0.2, -0.15) is 0 Å². The smallest absolute Gasteiger partial charge is 0.268 e. The molecule has 124 valence electrons. The van der Waals surface area contributed by atoms with Gasteiger partial charge in [0.1, 0.15) is 11.4 Å². The maximum absolute atomic E-state index is 12.7. The Morgan fingerprint density at radius 1 is 1.33 bits per heavy atom. The molecule has 0 bridgehead atoms. The summed E-state index contributed by atoms with van der Waals surface area (Å²) in [5, 5.41) is 3.10. The molecule has 4 nitrogen and oxygen atoms in total. The third kappa shape index (κ3) is 2.80. The highest BCUT2D eigenvalue weighted by Gasteiger charge is 2.26. The number of rotatable bonds is 5. The Labute approximate surface area is 145 Å². The Morgan fingerprint density at radius 3 is 2.88 bits per heavy atom. The van der Waals surface area contributed by atoms with Crippen LogP contribution < -0.4 is 10.1 Å². The van der Waals surface area contributed by atoms with Crippen molar-refractivity contribution in [3.8, 4) is 5.75 Å². The lowest BCUT2D eigenvalue weighted by Crippen LogP contribution is -2.27. The first-order chi connectivity index (χ1) is 11.7. The third-order valence-corrected chi connectivity index (χ3v) is 5.37. The van der Waals surface area contributed by atoms with E-state index in [1.165, 1.54) is 4.88 Å². The molecule has 1 aromatic carbocycles. The van der Waals surface area contributed by atoms with E-state index in [4.69, 9.17) is 4.74 Å². The summed E-state index contributed by atoms with van der Waals surface area (Å²) in [5.74, 6) is 0.869. The quantitative estimate of drug-likeness (QED) is 0.764. The standard InChI is InChI=1S/C19H20N2O2S/c1-12-9-15-18(24-12)10-16(19(22)20-14-7-8-14)21(15)11-13-5-3-4-6-17(13)23-2/h3-6,9-10,14H,7-8,11H2,1-2H3,(H,20,22). The number of para-hydroxylation sites is 1. The summed E-state index contributed by atoms with van der Waals surface area (Å²) in [7, 11) is 1.68. The topological polar surface area (TPSA) is 43.3 Å². The largest absolute Gasteiger partial charge is 0.496 e. The number of methoxy groups -OCH3 is 1. The maximum atomic E-state index is 12.7. The summed E-state index contributed by atoms with van der Waals surface area (Å²) in [4.78, 5) is 13.9. The Bertz CT molecular complexity index is 905. The van der Waals surface area contributed by atoms with Crippen LogP contribution in [0.2, 0.25) is 0 Å². The predicted molar refractivity (Wildman–Crippen MR) is 97.1 cm³/mol. The lowest BCUT2D eigenvalue weighted by Gasteiger charge is -2.13. The van der Waals surface area contributed by atoms with E-state index in [-0.39, 0.29) is 5.91 Å². The number of benzene rings is 1. The van der Waals surface area contributed by atoms with Gasteiger partial charge < -0.3 is 14.6 Å². The number of carbonyl (C=O) groups excluding carboxylic acids is 1. The first-order valence-electron chi connectivity index (χ1n) is 8.18. The monoisotopic (exact) mass is 340 g/mol. The number of hydrogen-bond donors (Lipinski definition) is 1. The minimum atomic E-state index is 0.0217. The number of ether oxygens (including phenoxy) is 1. The highest BCUT2D eigenvalue weighted by molar-refractivity contribution is 7.19. The van der Waals surface area contributed by atoms with Gasteiger partial charge in [0.2, 0.25) is 0 Å². The van der Waals surface area contributed by atoms with Gasteiger partial charge in [0.05, 0.1) is 23.9 Å². The van der Waals surface area contributed by atoms with Crippen molar-refractivity contribution in [3.05, 3.63) is 52.5 Å². The number of thiophene rings is 1. The van der Waals surface area contributed by atoms with Crippen molar-refractivity contribution in [3.63, 3.8) is 0 Å². The Hall–Kier alpha value is -2.27. The molecule has 1 fully saturated rings. The highest BCUT2D eigenvalue weighted by Crippen LogP contribution is 2.31. The summed E-state index contributed by atoms with van der Waals surface area (Å²) in [6, 6.07) is 12.5. The minimum Gasteiger partial charge on any atom is -0.496 e. The second kappa shape index (κ2) is 5.98. The van der Waals surface area contributed by atoms with Crippen LogP contribution in [0.15, 0.2) is 36.4 Å². The molecular formula is C19H20N2O2S. The number of fused-ring (bicyclic) bond motifs is 1. The summed E-state index contributed by atoms with van der Waals surface area (Å²) < 4.78 is 8.74. The second-order valence-electron chi connectivity index (χ2n) is 6.28. The van der Waals surface area contributed by atoms with E-state index in [9.17, 15) is 4.79 Å². The normalized spacial score (nSPS) is 14.1. The molecular weight excluding hydrogens is 320 g/mol. The fourth-order valence-corrected chi connectivity index (χ4v) is 3.98. The van der Waals surface area contributed by atoms with Crippen LogP contribution in [-0.4, -0.2) is 23.6 Å². The van der Waals surface area contributed by atoms with Gasteiger partial charge in [-0.1, -0.05) is 18.2 Å². The van der Waals surface area contributed by atoms with Crippen molar-refractivity contribution in [2.24, 2.45) is 0 Å². The third-order valence-electron chi connectivity index (χ3n) is 4.38. The predicted octanol–water partition coefficient (Wildman–Crippen LogP) is 3.96. The van der Waals surface area contributed by atoms with Crippen molar-refractivity contribution >= 4 is 27.5 Å². The second-order valence-corrected chi connectivity index (χ2v) is 7.57. The molecule has 0 radical (unpaired) electrons. The van der Waals surface area contributed by atoms with E-state index >= 15 is 0 Å². The molecule has 0 saturated heterocycles. The van der Waals surface area contributed by atoms with E-state index in [1.54, 1.807) is 18.4 Å². The molecule has 0 aliphatic heterocycles. The van der Waals surface area contributed by atoms with Crippen molar-refractivity contribution in [2.75, 3.05) is 7.11 Å². The number of aromatic nitrogens is 1. The zero-order valence-corrected chi connectivity index (χ0v) is 14.7. The van der Waals surface area contributed by atoms with Crippen LogP contribution in [0.3, 0.4) is 0 Å². The number of nitrogens with zero attached hydrogens (tertiary/aromatic N) is 1. The zero-order chi connectivity index (χ0) is 16.7. The van der Waals surface area contributed by atoms with Crippen LogP contribution >= 0.6 is 11.3 Å². The van der Waals surface area contributed by atoms with Crippen molar-refractivity contribution in [1.82, 2.24) is 9.88 Å². The van der Waals surface area contributed by atoms with Crippen molar-refractivity contribution in [1.29, 1.82) is 0 Å². The van der Waals surface area contributed by atoms with Crippen LogP contribution in [-0.2, 0) is 6.54 Å². The summed E-state index contributed by atoms with van der Waals surface area (Å²) in [5.41, 5.74) is 2.92. The molecule has 1 aliphatic rings. The van der Waals surface area contributed by atoms with Crippen LogP contribution in [0.25, 0.3) is 10.2 Å². The Morgan fingerprint density at radius 2 is 2.12 bits per heavy atom. The highest BCUT2D eigenvalue weighted by atomic mass is 32.1. The molecule has 1 aliphatic carbocycles. The van der Waals surface area contributed by atoms with E-state index in [2.05, 4.69) is 22.9 Å². The van der Waals surface area contributed by atoms with Crippen LogP contribution in [0.1, 0.15) is 33.8 Å². The van der Waals surface area contributed by atoms with Gasteiger partial charge in [-0.05, 0) is 38.0 Å². The van der Waals surface area contributed by atoms with Crippen LogP contribution in [0.5, 0.6) is 5.75 Å². The molecule has 0 atom stereocenters. The lowest BCUT2D eigenvalue weighted by molar-refractivity contribution is 0.0942.